The molecule has 1 aliphatic carbocycles. The normalized spacial score (nSPS) is 17.3. The van der Waals surface area contributed by atoms with Crippen molar-refractivity contribution in [2.45, 2.75) is 38.1 Å². The summed E-state index contributed by atoms with van der Waals surface area (Å²) in [5.74, 6) is 0.573. The van der Waals surface area contributed by atoms with Crippen LogP contribution in [-0.4, -0.2) is 31.3 Å². The van der Waals surface area contributed by atoms with Gasteiger partial charge in [0.15, 0.2) is 0 Å². The molecule has 1 heterocycles. The minimum atomic E-state index is -0.319. The molecular weight excluding hydrogens is 336 g/mol. The number of hydrogen-bond donors (Lipinski definition) is 2. The third-order valence-electron chi connectivity index (χ3n) is 6.13. The summed E-state index contributed by atoms with van der Waals surface area (Å²) in [5.41, 5.74) is 4.72. The van der Waals surface area contributed by atoms with Crippen molar-refractivity contribution in [3.05, 3.63) is 59.7 Å². The summed E-state index contributed by atoms with van der Waals surface area (Å²) >= 11 is 0. The van der Waals surface area contributed by atoms with Crippen molar-refractivity contribution in [1.29, 1.82) is 0 Å². The second-order valence-electron chi connectivity index (χ2n) is 8.20. The summed E-state index contributed by atoms with van der Waals surface area (Å²) in [4.78, 5) is 12.5. The molecule has 1 aliphatic heterocycles. The second-order valence-corrected chi connectivity index (χ2v) is 8.20. The first kappa shape index (κ1) is 18.1. The van der Waals surface area contributed by atoms with Gasteiger partial charge in [0.05, 0.1) is 0 Å². The zero-order chi connectivity index (χ0) is 18.9. The Bertz CT molecular complexity index is 779. The van der Waals surface area contributed by atoms with Gasteiger partial charge in [0.1, 0.15) is 6.61 Å². The van der Waals surface area contributed by atoms with Crippen molar-refractivity contribution < 1.29 is 9.53 Å². The number of carbonyl (C=O) groups excluding carboxylic acids is 1. The average Bonchev–Trinajstić information content (AvgIpc) is 3.01. The fourth-order valence-corrected chi connectivity index (χ4v) is 4.54. The molecule has 2 N–H and O–H groups in total. The summed E-state index contributed by atoms with van der Waals surface area (Å²) in [6.07, 6.45) is 1.84. The Hall–Kier alpha value is -2.33. The van der Waals surface area contributed by atoms with E-state index in [0.29, 0.717) is 12.5 Å². The Morgan fingerprint density at radius 1 is 1.04 bits per heavy atom. The van der Waals surface area contributed by atoms with Crippen molar-refractivity contribution in [2.75, 3.05) is 19.7 Å². The molecule has 0 radical (unpaired) electrons. The monoisotopic (exact) mass is 364 g/mol. The SMILES string of the molecule is CC(C)(NC(=O)OCC1c2ccccc2-c2ccccc21)C1CCNCC1. The van der Waals surface area contributed by atoms with Crippen LogP contribution in [0.2, 0.25) is 0 Å². The van der Waals surface area contributed by atoms with E-state index < -0.39 is 0 Å². The van der Waals surface area contributed by atoms with E-state index in [1.54, 1.807) is 0 Å². The molecule has 4 nitrogen and oxygen atoms in total. The van der Waals surface area contributed by atoms with Gasteiger partial charge in [-0.1, -0.05) is 48.5 Å². The van der Waals surface area contributed by atoms with E-state index in [-0.39, 0.29) is 17.6 Å². The number of rotatable bonds is 4. The van der Waals surface area contributed by atoms with Gasteiger partial charge < -0.3 is 15.4 Å². The lowest BCUT2D eigenvalue weighted by atomic mass is 9.81. The molecule has 0 spiro atoms. The fourth-order valence-electron chi connectivity index (χ4n) is 4.54. The van der Waals surface area contributed by atoms with E-state index in [4.69, 9.17) is 4.74 Å². The molecule has 0 saturated carbocycles. The van der Waals surface area contributed by atoms with E-state index in [1.165, 1.54) is 22.3 Å². The Balaban J connectivity index is 1.43. The number of nitrogens with one attached hydrogen (secondary N) is 2. The molecule has 1 fully saturated rings. The van der Waals surface area contributed by atoms with E-state index in [9.17, 15) is 4.79 Å². The molecule has 27 heavy (non-hydrogen) atoms. The highest BCUT2D eigenvalue weighted by atomic mass is 16.5. The standard InChI is InChI=1S/C23H28N2O2/c1-23(2,16-11-13-24-14-12-16)25-22(26)27-15-21-19-9-5-3-7-17(19)18-8-4-6-10-20(18)21/h3-10,16,21,24H,11-15H2,1-2H3,(H,25,26). The number of piperidine rings is 1. The summed E-state index contributed by atoms with van der Waals surface area (Å²) in [5, 5.41) is 6.49. The van der Waals surface area contributed by atoms with Crippen molar-refractivity contribution in [3.63, 3.8) is 0 Å². The maximum absolute atomic E-state index is 12.5. The molecule has 142 valence electrons. The lowest BCUT2D eigenvalue weighted by Gasteiger charge is -2.37. The summed E-state index contributed by atoms with van der Waals surface area (Å²) in [7, 11) is 0. The zero-order valence-electron chi connectivity index (χ0n) is 16.1. The Morgan fingerprint density at radius 2 is 1.59 bits per heavy atom. The molecule has 2 aromatic carbocycles. The fraction of sp³-hybridized carbons (Fsp3) is 0.435. The first-order chi connectivity index (χ1) is 13.1. The molecule has 0 unspecified atom stereocenters. The second kappa shape index (κ2) is 7.35. The smallest absolute Gasteiger partial charge is 0.407 e. The molecule has 2 aromatic rings. The van der Waals surface area contributed by atoms with Crippen LogP contribution in [0.4, 0.5) is 4.79 Å². The Labute approximate surface area is 161 Å². The van der Waals surface area contributed by atoms with Gasteiger partial charge in [-0.05, 0) is 68.0 Å². The average molecular weight is 364 g/mol. The number of ether oxygens (including phenoxy) is 1. The van der Waals surface area contributed by atoms with Crippen molar-refractivity contribution in [2.24, 2.45) is 5.92 Å². The van der Waals surface area contributed by atoms with E-state index in [0.717, 1.165) is 25.9 Å². The van der Waals surface area contributed by atoms with Crippen LogP contribution >= 0.6 is 0 Å². The van der Waals surface area contributed by atoms with Crippen LogP contribution < -0.4 is 10.6 Å². The van der Waals surface area contributed by atoms with Gasteiger partial charge in [0.2, 0.25) is 0 Å². The third-order valence-corrected chi connectivity index (χ3v) is 6.13. The molecule has 0 atom stereocenters. The number of amides is 1. The predicted molar refractivity (Wildman–Crippen MR) is 108 cm³/mol. The quantitative estimate of drug-likeness (QED) is 0.850. The largest absolute Gasteiger partial charge is 0.449 e. The molecule has 0 bridgehead atoms. The third kappa shape index (κ3) is 3.59. The number of fused-ring (bicyclic) bond motifs is 3. The van der Waals surface area contributed by atoms with Crippen LogP contribution in [0, 0.1) is 5.92 Å². The van der Waals surface area contributed by atoms with Gasteiger partial charge in [0.25, 0.3) is 0 Å². The summed E-state index contributed by atoms with van der Waals surface area (Å²) in [6.45, 7) is 6.60. The number of alkyl carbamates (subject to hydrolysis) is 1. The van der Waals surface area contributed by atoms with Crippen LogP contribution in [0.15, 0.2) is 48.5 Å². The van der Waals surface area contributed by atoms with E-state index >= 15 is 0 Å². The molecule has 4 heteroatoms. The Kier molecular flexibility index (Phi) is 4.92. The Morgan fingerprint density at radius 3 is 2.19 bits per heavy atom. The van der Waals surface area contributed by atoms with Crippen LogP contribution in [0.3, 0.4) is 0 Å². The number of hydrogen-bond acceptors (Lipinski definition) is 3. The topological polar surface area (TPSA) is 50.4 Å². The molecular formula is C23H28N2O2. The highest BCUT2D eigenvalue weighted by Gasteiger charge is 2.33. The predicted octanol–water partition coefficient (Wildman–Crippen LogP) is 4.30. The van der Waals surface area contributed by atoms with Crippen LogP contribution in [0.1, 0.15) is 43.7 Å². The van der Waals surface area contributed by atoms with Crippen molar-refractivity contribution >= 4 is 6.09 Å². The highest BCUT2D eigenvalue weighted by Crippen LogP contribution is 2.44. The van der Waals surface area contributed by atoms with Crippen LogP contribution in [0.25, 0.3) is 11.1 Å². The van der Waals surface area contributed by atoms with Gasteiger partial charge in [-0.15, -0.1) is 0 Å². The lowest BCUT2D eigenvalue weighted by molar-refractivity contribution is 0.118. The van der Waals surface area contributed by atoms with Gasteiger partial charge in [-0.25, -0.2) is 4.79 Å². The van der Waals surface area contributed by atoms with E-state index in [2.05, 4.69) is 73.0 Å². The zero-order valence-corrected chi connectivity index (χ0v) is 16.1. The van der Waals surface area contributed by atoms with Gasteiger partial charge in [0, 0.05) is 11.5 Å². The molecule has 2 aliphatic rings. The van der Waals surface area contributed by atoms with Gasteiger partial charge in [-0.2, -0.15) is 0 Å². The molecule has 1 amide bonds. The number of benzene rings is 2. The molecule has 0 aromatic heterocycles. The summed E-state index contributed by atoms with van der Waals surface area (Å²) < 4.78 is 5.70. The van der Waals surface area contributed by atoms with Crippen molar-refractivity contribution in [1.82, 2.24) is 10.6 Å². The van der Waals surface area contributed by atoms with E-state index in [1.807, 2.05) is 0 Å². The van der Waals surface area contributed by atoms with Crippen molar-refractivity contribution in [3.8, 4) is 11.1 Å². The maximum Gasteiger partial charge on any atom is 0.407 e. The van der Waals surface area contributed by atoms with Gasteiger partial charge >= 0.3 is 6.09 Å². The van der Waals surface area contributed by atoms with Crippen LogP contribution in [0.5, 0.6) is 0 Å². The lowest BCUT2D eigenvalue weighted by Crippen LogP contribution is -2.52. The number of carbonyl (C=O) groups is 1. The minimum absolute atomic E-state index is 0.102. The first-order valence-corrected chi connectivity index (χ1v) is 9.90. The van der Waals surface area contributed by atoms with Gasteiger partial charge in [-0.3, -0.25) is 0 Å². The summed E-state index contributed by atoms with van der Waals surface area (Å²) in [6, 6.07) is 16.8. The maximum atomic E-state index is 12.5. The molecule has 1 saturated heterocycles. The molecule has 4 rings (SSSR count). The first-order valence-electron chi connectivity index (χ1n) is 9.90. The highest BCUT2D eigenvalue weighted by molar-refractivity contribution is 5.79. The minimum Gasteiger partial charge on any atom is -0.449 e. The van der Waals surface area contributed by atoms with Crippen LogP contribution in [-0.2, 0) is 4.74 Å².